The van der Waals surface area contributed by atoms with Crippen LogP contribution in [0.4, 0.5) is 16.2 Å². The summed E-state index contributed by atoms with van der Waals surface area (Å²) in [7, 11) is 0. The third-order valence-corrected chi connectivity index (χ3v) is 4.88. The number of halogens is 1. The summed E-state index contributed by atoms with van der Waals surface area (Å²) in [5, 5.41) is 23.6. The lowest BCUT2D eigenvalue weighted by Crippen LogP contribution is -2.54. The summed E-state index contributed by atoms with van der Waals surface area (Å²) in [6, 6.07) is 5.89. The number of imide groups is 2. The summed E-state index contributed by atoms with van der Waals surface area (Å²) in [4.78, 5) is 48.9. The fraction of sp³-hybridized carbons (Fsp3) is 0.150. The number of aromatic hydroxyl groups is 1. The highest BCUT2D eigenvalue weighted by Crippen LogP contribution is 2.38. The van der Waals surface area contributed by atoms with Crippen molar-refractivity contribution in [3.05, 3.63) is 62.2 Å². The molecule has 11 heteroatoms. The molecule has 160 valence electrons. The molecule has 1 aliphatic rings. The van der Waals surface area contributed by atoms with Crippen molar-refractivity contribution in [2.45, 2.75) is 13.8 Å². The summed E-state index contributed by atoms with van der Waals surface area (Å²) >= 11 is 6.08. The molecule has 0 spiro atoms. The number of urea groups is 1. The van der Waals surface area contributed by atoms with Crippen LogP contribution in [0.5, 0.6) is 11.5 Å². The third kappa shape index (κ3) is 4.05. The highest BCUT2D eigenvalue weighted by atomic mass is 35.5. The smallest absolute Gasteiger partial charge is 0.335 e. The first-order valence-electron chi connectivity index (χ1n) is 8.96. The number of hydrogen-bond donors (Lipinski definition) is 2. The fourth-order valence-electron chi connectivity index (χ4n) is 2.98. The van der Waals surface area contributed by atoms with Gasteiger partial charge in [-0.1, -0.05) is 17.7 Å². The number of carbonyl (C=O) groups excluding carboxylic acids is 3. The Hall–Kier alpha value is -3.92. The molecule has 0 atom stereocenters. The minimum Gasteiger partial charge on any atom is -0.500 e. The zero-order valence-corrected chi connectivity index (χ0v) is 17.1. The Kier molecular flexibility index (Phi) is 5.93. The van der Waals surface area contributed by atoms with Crippen LogP contribution in [0.15, 0.2) is 35.9 Å². The quantitative estimate of drug-likeness (QED) is 0.311. The van der Waals surface area contributed by atoms with E-state index in [1.165, 1.54) is 12.1 Å². The average Bonchev–Trinajstić information content (AvgIpc) is 2.70. The molecule has 0 unspecified atom stereocenters. The monoisotopic (exact) mass is 445 g/mol. The van der Waals surface area contributed by atoms with E-state index in [1.807, 2.05) is 0 Å². The molecule has 0 radical (unpaired) electrons. The van der Waals surface area contributed by atoms with Crippen molar-refractivity contribution in [3.8, 4) is 11.5 Å². The molecule has 1 heterocycles. The number of anilines is 1. The molecule has 1 saturated heterocycles. The Balaban J connectivity index is 2.12. The average molecular weight is 446 g/mol. The second kappa shape index (κ2) is 8.44. The van der Waals surface area contributed by atoms with Gasteiger partial charge in [-0.25, -0.2) is 9.69 Å². The molecule has 0 aliphatic carbocycles. The minimum atomic E-state index is -0.973. The number of carbonyl (C=O) groups is 3. The van der Waals surface area contributed by atoms with E-state index in [2.05, 4.69) is 5.32 Å². The Morgan fingerprint density at radius 1 is 1.29 bits per heavy atom. The molecule has 0 bridgehead atoms. The molecule has 0 aromatic heterocycles. The Labute approximate surface area is 180 Å². The summed E-state index contributed by atoms with van der Waals surface area (Å²) in [6.45, 7) is 3.33. The maximum atomic E-state index is 13.0. The Morgan fingerprint density at radius 3 is 2.65 bits per heavy atom. The van der Waals surface area contributed by atoms with E-state index >= 15 is 0 Å². The van der Waals surface area contributed by atoms with E-state index in [9.17, 15) is 29.6 Å². The molecule has 3 rings (SSSR count). The highest BCUT2D eigenvalue weighted by Gasteiger charge is 2.37. The van der Waals surface area contributed by atoms with Crippen molar-refractivity contribution in [2.75, 3.05) is 11.5 Å². The number of nitrogens with one attached hydrogen (secondary N) is 1. The second-order valence-electron chi connectivity index (χ2n) is 6.42. The molecule has 10 nitrogen and oxygen atoms in total. The van der Waals surface area contributed by atoms with E-state index in [0.29, 0.717) is 10.6 Å². The van der Waals surface area contributed by atoms with Crippen molar-refractivity contribution < 1.29 is 29.2 Å². The van der Waals surface area contributed by atoms with Gasteiger partial charge in [0.2, 0.25) is 5.75 Å². The lowest BCUT2D eigenvalue weighted by molar-refractivity contribution is -0.386. The van der Waals surface area contributed by atoms with Crippen LogP contribution in [0.1, 0.15) is 18.1 Å². The molecule has 31 heavy (non-hydrogen) atoms. The fourth-order valence-corrected chi connectivity index (χ4v) is 3.15. The molecule has 2 aromatic rings. The topological polar surface area (TPSA) is 139 Å². The predicted octanol–water partition coefficient (Wildman–Crippen LogP) is 3.33. The third-order valence-electron chi connectivity index (χ3n) is 4.47. The molecule has 2 aromatic carbocycles. The normalized spacial score (nSPS) is 15.3. The van der Waals surface area contributed by atoms with Gasteiger partial charge in [-0.3, -0.25) is 25.0 Å². The number of phenols is 1. The number of phenolic OH excluding ortho intramolecular Hbond substituents is 1. The van der Waals surface area contributed by atoms with Crippen LogP contribution in [-0.4, -0.2) is 34.5 Å². The summed E-state index contributed by atoms with van der Waals surface area (Å²) in [5.74, 6) is -2.78. The number of benzene rings is 2. The van der Waals surface area contributed by atoms with Gasteiger partial charge in [0.25, 0.3) is 11.8 Å². The van der Waals surface area contributed by atoms with Crippen LogP contribution in [-0.2, 0) is 9.59 Å². The predicted molar refractivity (Wildman–Crippen MR) is 111 cm³/mol. The van der Waals surface area contributed by atoms with Gasteiger partial charge in [-0.05, 0) is 49.2 Å². The van der Waals surface area contributed by atoms with Crippen LogP contribution in [0.3, 0.4) is 0 Å². The van der Waals surface area contributed by atoms with Gasteiger partial charge in [-0.15, -0.1) is 0 Å². The molecular formula is C20H16ClN3O7. The molecule has 1 aliphatic heterocycles. The summed E-state index contributed by atoms with van der Waals surface area (Å²) < 4.78 is 5.20. The number of nitro benzene ring substituents is 1. The first kappa shape index (κ1) is 21.8. The van der Waals surface area contributed by atoms with Crippen LogP contribution in [0.25, 0.3) is 6.08 Å². The van der Waals surface area contributed by atoms with Crippen LogP contribution < -0.4 is 15.0 Å². The van der Waals surface area contributed by atoms with E-state index < -0.39 is 39.8 Å². The molecule has 4 amide bonds. The van der Waals surface area contributed by atoms with E-state index in [0.717, 1.165) is 17.0 Å². The van der Waals surface area contributed by atoms with Gasteiger partial charge in [-0.2, -0.15) is 0 Å². The molecule has 1 fully saturated rings. The highest BCUT2D eigenvalue weighted by molar-refractivity contribution is 6.40. The maximum absolute atomic E-state index is 13.0. The van der Waals surface area contributed by atoms with Crippen LogP contribution in [0.2, 0.25) is 5.02 Å². The zero-order chi connectivity index (χ0) is 22.9. The Bertz CT molecular complexity index is 1160. The summed E-state index contributed by atoms with van der Waals surface area (Å²) in [6.07, 6.45) is 1.08. The SMILES string of the molecule is CCOc1cc(C=C2C(=O)NC(=O)N(c3cccc(Cl)c3C)C2=O)cc([N+](=O)[O-])c1O. The van der Waals surface area contributed by atoms with Crippen LogP contribution in [0, 0.1) is 17.0 Å². The zero-order valence-electron chi connectivity index (χ0n) is 16.3. The van der Waals surface area contributed by atoms with Gasteiger partial charge in [0.15, 0.2) is 5.75 Å². The van der Waals surface area contributed by atoms with Crippen molar-refractivity contribution in [3.63, 3.8) is 0 Å². The molecule has 2 N–H and O–H groups in total. The molecular weight excluding hydrogens is 430 g/mol. The van der Waals surface area contributed by atoms with Crippen molar-refractivity contribution in [1.29, 1.82) is 0 Å². The van der Waals surface area contributed by atoms with E-state index in [1.54, 1.807) is 26.0 Å². The number of rotatable bonds is 5. The Morgan fingerprint density at radius 2 is 2.00 bits per heavy atom. The first-order valence-corrected chi connectivity index (χ1v) is 9.34. The maximum Gasteiger partial charge on any atom is 0.335 e. The standard InChI is InChI=1S/C20H16ClN3O7/c1-3-31-16-9-11(8-15(17(16)25)24(29)30)7-12-18(26)22-20(28)23(19(12)27)14-6-4-5-13(21)10(14)2/h4-9,25H,3H2,1-2H3,(H,22,26,28). The van der Waals surface area contributed by atoms with Gasteiger partial charge < -0.3 is 9.84 Å². The van der Waals surface area contributed by atoms with Gasteiger partial charge in [0.1, 0.15) is 5.57 Å². The summed E-state index contributed by atoms with van der Waals surface area (Å²) in [5.41, 5.74) is -0.439. The van der Waals surface area contributed by atoms with Crippen molar-refractivity contribution >= 4 is 46.9 Å². The van der Waals surface area contributed by atoms with E-state index in [4.69, 9.17) is 16.3 Å². The number of ether oxygens (including phenoxy) is 1. The number of nitro groups is 1. The van der Waals surface area contributed by atoms with Gasteiger partial charge in [0, 0.05) is 11.1 Å². The largest absolute Gasteiger partial charge is 0.500 e. The number of hydrogen-bond acceptors (Lipinski definition) is 7. The minimum absolute atomic E-state index is 0.0450. The van der Waals surface area contributed by atoms with Crippen molar-refractivity contribution in [2.24, 2.45) is 0 Å². The number of barbiturate groups is 1. The molecule has 0 saturated carbocycles. The van der Waals surface area contributed by atoms with Crippen molar-refractivity contribution in [1.82, 2.24) is 5.32 Å². The van der Waals surface area contributed by atoms with E-state index in [-0.39, 0.29) is 23.6 Å². The van der Waals surface area contributed by atoms with Gasteiger partial charge in [0.05, 0.1) is 17.2 Å². The second-order valence-corrected chi connectivity index (χ2v) is 6.83. The van der Waals surface area contributed by atoms with Gasteiger partial charge >= 0.3 is 11.7 Å². The number of nitrogens with zero attached hydrogens (tertiary/aromatic N) is 2. The first-order chi connectivity index (χ1) is 14.6. The lowest BCUT2D eigenvalue weighted by Gasteiger charge is -2.27. The number of amides is 4. The van der Waals surface area contributed by atoms with Crippen LogP contribution >= 0.6 is 11.6 Å². The lowest BCUT2D eigenvalue weighted by atomic mass is 10.0.